The Bertz CT molecular complexity index is 538. The van der Waals surface area contributed by atoms with Crippen LogP contribution in [0.4, 0.5) is 0 Å². The Morgan fingerprint density at radius 3 is 2.91 bits per heavy atom. The van der Waals surface area contributed by atoms with Crippen LogP contribution >= 0.6 is 0 Å². The van der Waals surface area contributed by atoms with Gasteiger partial charge in [-0.2, -0.15) is 0 Å². The van der Waals surface area contributed by atoms with E-state index < -0.39 is 0 Å². The van der Waals surface area contributed by atoms with Crippen molar-refractivity contribution in [2.24, 2.45) is 11.8 Å². The molecule has 1 fully saturated rings. The fourth-order valence-electron chi connectivity index (χ4n) is 4.09. The molecule has 0 radical (unpaired) electrons. The average molecular weight is 299 g/mol. The van der Waals surface area contributed by atoms with Crippen LogP contribution in [0.3, 0.4) is 0 Å². The van der Waals surface area contributed by atoms with E-state index in [1.54, 1.807) is 6.07 Å². The molecular formula is C20H29NO. The van der Waals surface area contributed by atoms with Crippen LogP contribution in [0.5, 0.6) is 5.75 Å². The molecule has 3 atom stereocenters. The summed E-state index contributed by atoms with van der Waals surface area (Å²) >= 11 is 0. The predicted molar refractivity (Wildman–Crippen MR) is 92.2 cm³/mol. The van der Waals surface area contributed by atoms with Crippen LogP contribution in [-0.4, -0.2) is 29.6 Å². The molecule has 1 saturated heterocycles. The third kappa shape index (κ3) is 3.22. The molecule has 1 aliphatic carbocycles. The quantitative estimate of drug-likeness (QED) is 0.836. The van der Waals surface area contributed by atoms with Crippen molar-refractivity contribution in [3.05, 3.63) is 42.0 Å². The van der Waals surface area contributed by atoms with Gasteiger partial charge < -0.3 is 10.0 Å². The highest BCUT2D eigenvalue weighted by Crippen LogP contribution is 2.40. The van der Waals surface area contributed by atoms with Gasteiger partial charge in [0.1, 0.15) is 5.75 Å². The van der Waals surface area contributed by atoms with Gasteiger partial charge in [-0.05, 0) is 73.7 Å². The van der Waals surface area contributed by atoms with Crippen molar-refractivity contribution in [1.82, 2.24) is 4.90 Å². The van der Waals surface area contributed by atoms with Gasteiger partial charge in [0.25, 0.3) is 0 Å². The van der Waals surface area contributed by atoms with E-state index in [1.807, 2.05) is 12.1 Å². The zero-order chi connectivity index (χ0) is 15.6. The Labute approximate surface area is 134 Å². The maximum Gasteiger partial charge on any atom is 0.115 e. The summed E-state index contributed by atoms with van der Waals surface area (Å²) < 4.78 is 0. The second kappa shape index (κ2) is 6.45. The molecule has 0 saturated carbocycles. The molecule has 1 aromatic carbocycles. The summed E-state index contributed by atoms with van der Waals surface area (Å²) in [5.41, 5.74) is 1.47. The molecule has 0 aromatic heterocycles. The standard InChI is InChI=1S/C20H29NO/c1-16-15-21(12-10-17-6-3-4-7-17)13-11-20(16,2)18-8-5-9-19(22)14-18/h3,5-6,8-9,14,16-17,22H,4,7,10-13,15H2,1-2H3/t16-,17?,20+/m1/s1. The van der Waals surface area contributed by atoms with Crippen molar-refractivity contribution in [1.29, 1.82) is 0 Å². The number of allylic oxidation sites excluding steroid dienone is 2. The summed E-state index contributed by atoms with van der Waals surface area (Å²) in [6.07, 6.45) is 9.86. The summed E-state index contributed by atoms with van der Waals surface area (Å²) in [6.45, 7) is 8.31. The Hall–Kier alpha value is -1.28. The normalized spacial score (nSPS) is 32.5. The summed E-state index contributed by atoms with van der Waals surface area (Å²) in [6, 6.07) is 7.87. The van der Waals surface area contributed by atoms with Gasteiger partial charge in [0, 0.05) is 6.54 Å². The molecule has 3 rings (SSSR count). The van der Waals surface area contributed by atoms with Crippen LogP contribution in [0.1, 0.15) is 45.1 Å². The zero-order valence-corrected chi connectivity index (χ0v) is 14.0. The second-order valence-corrected chi connectivity index (χ2v) is 7.47. The van der Waals surface area contributed by atoms with Gasteiger partial charge in [0.15, 0.2) is 0 Å². The first kappa shape index (κ1) is 15.6. The Morgan fingerprint density at radius 2 is 2.23 bits per heavy atom. The van der Waals surface area contributed by atoms with Crippen LogP contribution in [0.25, 0.3) is 0 Å². The fourth-order valence-corrected chi connectivity index (χ4v) is 4.09. The van der Waals surface area contributed by atoms with Crippen molar-refractivity contribution in [2.75, 3.05) is 19.6 Å². The van der Waals surface area contributed by atoms with Crippen molar-refractivity contribution in [3.8, 4) is 5.75 Å². The lowest BCUT2D eigenvalue weighted by atomic mass is 9.68. The van der Waals surface area contributed by atoms with Gasteiger partial charge in [-0.3, -0.25) is 0 Å². The molecular weight excluding hydrogens is 270 g/mol. The van der Waals surface area contributed by atoms with Crippen molar-refractivity contribution < 1.29 is 5.11 Å². The first-order valence-corrected chi connectivity index (χ1v) is 8.76. The van der Waals surface area contributed by atoms with E-state index in [0.717, 1.165) is 5.92 Å². The third-order valence-electron chi connectivity index (χ3n) is 6.00. The van der Waals surface area contributed by atoms with E-state index >= 15 is 0 Å². The highest BCUT2D eigenvalue weighted by Gasteiger charge is 2.38. The van der Waals surface area contributed by atoms with Gasteiger partial charge in [-0.25, -0.2) is 0 Å². The Kier molecular flexibility index (Phi) is 4.58. The average Bonchev–Trinajstić information content (AvgIpc) is 3.02. The number of likely N-dealkylation sites (tertiary alicyclic amines) is 1. The Morgan fingerprint density at radius 1 is 1.36 bits per heavy atom. The molecule has 1 aliphatic heterocycles. The molecule has 22 heavy (non-hydrogen) atoms. The van der Waals surface area contributed by atoms with Crippen molar-refractivity contribution in [3.63, 3.8) is 0 Å². The van der Waals surface area contributed by atoms with Crippen LogP contribution in [0.2, 0.25) is 0 Å². The predicted octanol–water partition coefficient (Wildman–Crippen LogP) is 4.35. The molecule has 0 spiro atoms. The van der Waals surface area contributed by atoms with E-state index in [2.05, 4.69) is 37.0 Å². The topological polar surface area (TPSA) is 23.5 Å². The highest BCUT2D eigenvalue weighted by atomic mass is 16.3. The highest BCUT2D eigenvalue weighted by molar-refractivity contribution is 5.33. The molecule has 1 unspecified atom stereocenters. The number of benzene rings is 1. The number of piperidine rings is 1. The number of phenols is 1. The number of nitrogens with zero attached hydrogens (tertiary/aromatic N) is 1. The fraction of sp³-hybridized carbons (Fsp3) is 0.600. The summed E-state index contributed by atoms with van der Waals surface area (Å²) in [5, 5.41) is 9.79. The molecule has 2 heteroatoms. The van der Waals surface area contributed by atoms with Gasteiger partial charge in [0.05, 0.1) is 0 Å². The lowest BCUT2D eigenvalue weighted by molar-refractivity contribution is 0.107. The lowest BCUT2D eigenvalue weighted by Gasteiger charge is -2.45. The molecule has 1 N–H and O–H groups in total. The number of hydrogen-bond acceptors (Lipinski definition) is 2. The lowest BCUT2D eigenvalue weighted by Crippen LogP contribution is -2.47. The van der Waals surface area contributed by atoms with Gasteiger partial charge in [0.2, 0.25) is 0 Å². The maximum absolute atomic E-state index is 9.79. The van der Waals surface area contributed by atoms with E-state index in [9.17, 15) is 5.11 Å². The SMILES string of the molecule is C[C@@H]1CN(CCC2C=CCC2)CC[C@]1(C)c1cccc(O)c1. The van der Waals surface area contributed by atoms with Crippen molar-refractivity contribution in [2.45, 2.75) is 44.9 Å². The number of rotatable bonds is 4. The molecule has 1 heterocycles. The Balaban J connectivity index is 1.60. The van der Waals surface area contributed by atoms with Crippen molar-refractivity contribution >= 4 is 0 Å². The van der Waals surface area contributed by atoms with Crippen LogP contribution < -0.4 is 0 Å². The monoisotopic (exact) mass is 299 g/mol. The largest absolute Gasteiger partial charge is 0.508 e. The summed E-state index contributed by atoms with van der Waals surface area (Å²) in [5.74, 6) is 1.82. The molecule has 2 aliphatic rings. The molecule has 1 aromatic rings. The van der Waals surface area contributed by atoms with Gasteiger partial charge in [-0.15, -0.1) is 0 Å². The second-order valence-electron chi connectivity index (χ2n) is 7.47. The first-order valence-electron chi connectivity index (χ1n) is 8.76. The number of hydrogen-bond donors (Lipinski definition) is 1. The minimum atomic E-state index is 0.183. The first-order chi connectivity index (χ1) is 10.6. The number of aromatic hydroxyl groups is 1. The smallest absolute Gasteiger partial charge is 0.115 e. The maximum atomic E-state index is 9.79. The van der Waals surface area contributed by atoms with E-state index in [1.165, 1.54) is 50.9 Å². The van der Waals surface area contributed by atoms with Crippen LogP contribution in [-0.2, 0) is 5.41 Å². The molecule has 120 valence electrons. The molecule has 0 bridgehead atoms. The van der Waals surface area contributed by atoms with Gasteiger partial charge in [-0.1, -0.05) is 38.1 Å². The molecule has 2 nitrogen and oxygen atoms in total. The van der Waals surface area contributed by atoms with Gasteiger partial charge >= 0.3 is 0 Å². The number of phenolic OH excluding ortho intramolecular Hbond substituents is 1. The zero-order valence-electron chi connectivity index (χ0n) is 14.0. The minimum absolute atomic E-state index is 0.183. The van der Waals surface area contributed by atoms with Crippen LogP contribution in [0.15, 0.2) is 36.4 Å². The summed E-state index contributed by atoms with van der Waals surface area (Å²) in [4.78, 5) is 2.64. The van der Waals surface area contributed by atoms with E-state index in [-0.39, 0.29) is 5.41 Å². The van der Waals surface area contributed by atoms with E-state index in [0.29, 0.717) is 11.7 Å². The van der Waals surface area contributed by atoms with E-state index in [4.69, 9.17) is 0 Å². The molecule has 0 amide bonds. The minimum Gasteiger partial charge on any atom is -0.508 e. The van der Waals surface area contributed by atoms with Crippen LogP contribution in [0, 0.1) is 11.8 Å². The summed E-state index contributed by atoms with van der Waals surface area (Å²) in [7, 11) is 0. The third-order valence-corrected chi connectivity index (χ3v) is 6.00.